The van der Waals surface area contributed by atoms with Gasteiger partial charge in [-0.15, -0.1) is 0 Å². The molecule has 7 heteroatoms. The highest BCUT2D eigenvalue weighted by atomic mass is 32.2. The summed E-state index contributed by atoms with van der Waals surface area (Å²) in [5.41, 5.74) is 1.65. The van der Waals surface area contributed by atoms with Gasteiger partial charge in [0.25, 0.3) is 10.0 Å². The topological polar surface area (TPSA) is 77.0 Å². The monoisotopic (exact) mass is 410 g/mol. The molecule has 0 aliphatic carbocycles. The number of para-hydroxylation sites is 1. The van der Waals surface area contributed by atoms with E-state index >= 15 is 0 Å². The van der Waals surface area contributed by atoms with Crippen molar-refractivity contribution in [1.29, 1.82) is 0 Å². The lowest BCUT2D eigenvalue weighted by atomic mass is 10.1. The van der Waals surface area contributed by atoms with Crippen LogP contribution in [0.15, 0.2) is 88.9 Å². The Kier molecular flexibility index (Phi) is 6.86. The van der Waals surface area contributed by atoms with E-state index in [1.54, 1.807) is 12.1 Å². The number of ether oxygens (including phenoxy) is 2. The number of benzene rings is 3. The van der Waals surface area contributed by atoms with Crippen molar-refractivity contribution in [3.8, 4) is 11.5 Å². The number of nitrogens with zero attached hydrogens (tertiary/aromatic N) is 1. The van der Waals surface area contributed by atoms with E-state index in [9.17, 15) is 8.42 Å². The van der Waals surface area contributed by atoms with Gasteiger partial charge in [-0.05, 0) is 48.9 Å². The van der Waals surface area contributed by atoms with Crippen LogP contribution in [-0.2, 0) is 16.6 Å². The molecular formula is C22H22N2O4S. The zero-order chi connectivity index (χ0) is 20.5. The molecule has 3 aromatic rings. The standard InChI is InChI=1S/C22H22N2O4S/c1-2-27-21-12-14-22(15-13-21)29(25,26)24-23-16-18-8-6-7-9-19(18)17-28-20-10-4-3-5-11-20/h3-16,24H,2,17H2,1H3/b23-16+. The SMILES string of the molecule is CCOc1ccc(S(=O)(=O)N/N=C/c2ccccc2COc2ccccc2)cc1. The van der Waals surface area contributed by atoms with Crippen LogP contribution in [0.25, 0.3) is 0 Å². The first-order chi connectivity index (χ1) is 14.1. The van der Waals surface area contributed by atoms with Gasteiger partial charge < -0.3 is 9.47 Å². The van der Waals surface area contributed by atoms with Crippen LogP contribution < -0.4 is 14.3 Å². The second-order valence-corrected chi connectivity index (χ2v) is 7.72. The Bertz CT molecular complexity index is 1050. The summed E-state index contributed by atoms with van der Waals surface area (Å²) in [6.07, 6.45) is 1.47. The van der Waals surface area contributed by atoms with Crippen molar-refractivity contribution >= 4 is 16.2 Å². The molecule has 0 spiro atoms. The van der Waals surface area contributed by atoms with Crippen molar-refractivity contribution in [3.63, 3.8) is 0 Å². The summed E-state index contributed by atoms with van der Waals surface area (Å²) in [6.45, 7) is 2.73. The molecule has 3 aromatic carbocycles. The lowest BCUT2D eigenvalue weighted by Gasteiger charge is -2.09. The maximum Gasteiger partial charge on any atom is 0.276 e. The number of hydrazone groups is 1. The van der Waals surface area contributed by atoms with Crippen LogP contribution in [0, 0.1) is 0 Å². The van der Waals surface area contributed by atoms with Crippen LogP contribution in [-0.4, -0.2) is 21.2 Å². The largest absolute Gasteiger partial charge is 0.494 e. The van der Waals surface area contributed by atoms with E-state index in [-0.39, 0.29) is 4.90 Å². The molecule has 0 radical (unpaired) electrons. The van der Waals surface area contributed by atoms with Gasteiger partial charge >= 0.3 is 0 Å². The summed E-state index contributed by atoms with van der Waals surface area (Å²) in [6, 6.07) is 23.2. The van der Waals surface area contributed by atoms with Gasteiger partial charge in [-0.2, -0.15) is 13.5 Å². The quantitative estimate of drug-likeness (QED) is 0.428. The predicted molar refractivity (Wildman–Crippen MR) is 113 cm³/mol. The molecule has 0 atom stereocenters. The lowest BCUT2D eigenvalue weighted by molar-refractivity contribution is 0.306. The van der Waals surface area contributed by atoms with Crippen LogP contribution in [0.2, 0.25) is 0 Å². The van der Waals surface area contributed by atoms with Crippen molar-refractivity contribution in [1.82, 2.24) is 4.83 Å². The first kappa shape index (κ1) is 20.4. The van der Waals surface area contributed by atoms with Crippen LogP contribution in [0.1, 0.15) is 18.1 Å². The van der Waals surface area contributed by atoms with Crippen molar-refractivity contribution in [2.45, 2.75) is 18.4 Å². The van der Waals surface area contributed by atoms with Gasteiger partial charge in [-0.1, -0.05) is 42.5 Å². The maximum absolute atomic E-state index is 12.4. The highest BCUT2D eigenvalue weighted by Crippen LogP contribution is 2.16. The van der Waals surface area contributed by atoms with Crippen molar-refractivity contribution in [2.24, 2.45) is 5.10 Å². The van der Waals surface area contributed by atoms with E-state index in [1.807, 2.05) is 61.5 Å². The van der Waals surface area contributed by atoms with Crippen molar-refractivity contribution in [2.75, 3.05) is 6.61 Å². The highest BCUT2D eigenvalue weighted by molar-refractivity contribution is 7.89. The van der Waals surface area contributed by atoms with Gasteiger partial charge in [0.05, 0.1) is 17.7 Å². The van der Waals surface area contributed by atoms with E-state index in [0.29, 0.717) is 19.0 Å². The maximum atomic E-state index is 12.4. The molecule has 0 fully saturated rings. The Hall–Kier alpha value is -3.32. The molecule has 3 rings (SSSR count). The number of hydrogen-bond donors (Lipinski definition) is 1. The normalized spacial score (nSPS) is 11.3. The Morgan fingerprint density at radius 2 is 1.52 bits per heavy atom. The van der Waals surface area contributed by atoms with Crippen LogP contribution >= 0.6 is 0 Å². The number of hydrogen-bond acceptors (Lipinski definition) is 5. The second-order valence-electron chi connectivity index (χ2n) is 6.06. The molecule has 0 amide bonds. The third kappa shape index (κ3) is 5.83. The minimum absolute atomic E-state index is 0.110. The van der Waals surface area contributed by atoms with Gasteiger partial charge in [-0.3, -0.25) is 0 Å². The number of nitrogens with one attached hydrogen (secondary N) is 1. The zero-order valence-corrected chi connectivity index (χ0v) is 16.8. The fraction of sp³-hybridized carbons (Fsp3) is 0.136. The summed E-state index contributed by atoms with van der Waals surface area (Å²) in [5, 5.41) is 3.91. The number of rotatable bonds is 9. The second kappa shape index (κ2) is 9.75. The molecule has 0 bridgehead atoms. The van der Waals surface area contributed by atoms with E-state index in [0.717, 1.165) is 16.9 Å². The molecule has 29 heavy (non-hydrogen) atoms. The minimum atomic E-state index is -3.76. The molecule has 150 valence electrons. The van der Waals surface area contributed by atoms with Gasteiger partial charge in [-0.25, -0.2) is 4.83 Å². The molecule has 0 aromatic heterocycles. The summed E-state index contributed by atoms with van der Waals surface area (Å²) in [4.78, 5) is 2.35. The van der Waals surface area contributed by atoms with E-state index in [1.165, 1.54) is 18.3 Å². The Balaban J connectivity index is 1.66. The Morgan fingerprint density at radius 1 is 0.862 bits per heavy atom. The zero-order valence-electron chi connectivity index (χ0n) is 16.0. The van der Waals surface area contributed by atoms with Crippen LogP contribution in [0.4, 0.5) is 0 Å². The molecule has 0 saturated heterocycles. The average Bonchev–Trinajstić information content (AvgIpc) is 2.74. The Labute approximate surface area is 170 Å². The minimum Gasteiger partial charge on any atom is -0.494 e. The molecule has 0 heterocycles. The fourth-order valence-electron chi connectivity index (χ4n) is 2.57. The summed E-state index contributed by atoms with van der Waals surface area (Å²) in [5.74, 6) is 1.37. The van der Waals surface area contributed by atoms with Gasteiger partial charge in [0.1, 0.15) is 18.1 Å². The smallest absolute Gasteiger partial charge is 0.276 e. The highest BCUT2D eigenvalue weighted by Gasteiger charge is 2.12. The van der Waals surface area contributed by atoms with Crippen molar-refractivity contribution in [3.05, 3.63) is 90.0 Å². The molecular weight excluding hydrogens is 388 g/mol. The molecule has 0 aliphatic rings. The average molecular weight is 410 g/mol. The lowest BCUT2D eigenvalue weighted by Crippen LogP contribution is -2.18. The van der Waals surface area contributed by atoms with E-state index in [4.69, 9.17) is 9.47 Å². The third-order valence-corrected chi connectivity index (χ3v) is 5.25. The van der Waals surface area contributed by atoms with Crippen LogP contribution in [0.3, 0.4) is 0 Å². The first-order valence-corrected chi connectivity index (χ1v) is 10.6. The predicted octanol–water partition coefficient (Wildman–Crippen LogP) is 3.98. The first-order valence-electron chi connectivity index (χ1n) is 9.12. The summed E-state index contributed by atoms with van der Waals surface area (Å²) < 4.78 is 35.9. The van der Waals surface area contributed by atoms with E-state index < -0.39 is 10.0 Å². The van der Waals surface area contributed by atoms with Crippen LogP contribution in [0.5, 0.6) is 11.5 Å². The van der Waals surface area contributed by atoms with Gasteiger partial charge in [0.15, 0.2) is 0 Å². The molecule has 0 saturated carbocycles. The summed E-state index contributed by atoms with van der Waals surface area (Å²) in [7, 11) is -3.76. The van der Waals surface area contributed by atoms with Gasteiger partial charge in [0, 0.05) is 5.56 Å². The fourth-order valence-corrected chi connectivity index (χ4v) is 3.36. The third-order valence-electron chi connectivity index (χ3n) is 4.01. The Morgan fingerprint density at radius 3 is 2.24 bits per heavy atom. The number of sulfonamides is 1. The molecule has 0 unspecified atom stereocenters. The molecule has 6 nitrogen and oxygen atoms in total. The molecule has 0 aliphatic heterocycles. The van der Waals surface area contributed by atoms with Gasteiger partial charge in [0.2, 0.25) is 0 Å². The summed E-state index contributed by atoms with van der Waals surface area (Å²) >= 11 is 0. The molecule has 1 N–H and O–H groups in total. The van der Waals surface area contributed by atoms with Crippen molar-refractivity contribution < 1.29 is 17.9 Å². The van der Waals surface area contributed by atoms with E-state index in [2.05, 4.69) is 9.93 Å².